The summed E-state index contributed by atoms with van der Waals surface area (Å²) in [5, 5.41) is 8.53. The van der Waals surface area contributed by atoms with E-state index in [1.807, 2.05) is 42.5 Å². The van der Waals surface area contributed by atoms with Gasteiger partial charge in [-0.1, -0.05) is 42.5 Å². The molecule has 1 aromatic heterocycles. The van der Waals surface area contributed by atoms with Gasteiger partial charge in [0.2, 0.25) is 10.0 Å². The summed E-state index contributed by atoms with van der Waals surface area (Å²) in [6, 6.07) is 17.4. The van der Waals surface area contributed by atoms with Crippen molar-refractivity contribution in [2.75, 3.05) is 0 Å². The van der Waals surface area contributed by atoms with Crippen LogP contribution in [-0.2, 0) is 10.0 Å². The smallest absolute Gasteiger partial charge is 0.207 e. The third kappa shape index (κ3) is 2.95. The summed E-state index contributed by atoms with van der Waals surface area (Å²) in [5.41, 5.74) is 1.94. The van der Waals surface area contributed by atoms with Crippen LogP contribution in [0.15, 0.2) is 71.9 Å². The molecule has 2 bridgehead atoms. The number of aromatic nitrogens is 3. The van der Waals surface area contributed by atoms with Crippen molar-refractivity contribution in [3.8, 4) is 11.1 Å². The Morgan fingerprint density at radius 3 is 2.11 bits per heavy atom. The van der Waals surface area contributed by atoms with Gasteiger partial charge in [0.05, 0.1) is 23.3 Å². The molecule has 3 heterocycles. The normalized spacial score (nSPS) is 25.1. The van der Waals surface area contributed by atoms with Crippen LogP contribution in [0.4, 0.5) is 0 Å². The first-order valence-electron chi connectivity index (χ1n) is 9.68. The fraction of sp³-hybridized carbons (Fsp3) is 0.333. The Balaban J connectivity index is 1.45. The van der Waals surface area contributed by atoms with E-state index in [-0.39, 0.29) is 18.1 Å². The topological polar surface area (TPSA) is 68.1 Å². The highest BCUT2D eigenvalue weighted by Gasteiger charge is 2.48. The van der Waals surface area contributed by atoms with Crippen LogP contribution < -0.4 is 0 Å². The molecule has 3 aromatic rings. The van der Waals surface area contributed by atoms with Gasteiger partial charge in [-0.15, -0.1) is 0 Å². The minimum atomic E-state index is -3.54. The molecule has 2 unspecified atom stereocenters. The Bertz CT molecular complexity index is 1050. The molecule has 0 aliphatic carbocycles. The van der Waals surface area contributed by atoms with Gasteiger partial charge in [-0.05, 0) is 48.9 Å². The Labute approximate surface area is 164 Å². The maximum atomic E-state index is 13.5. The highest BCUT2D eigenvalue weighted by Crippen LogP contribution is 2.43. The molecular formula is C21H22N4O2S. The van der Waals surface area contributed by atoms with Crippen molar-refractivity contribution in [1.29, 1.82) is 0 Å². The average molecular weight is 395 g/mol. The number of hydrogen-bond donors (Lipinski definition) is 0. The molecular weight excluding hydrogens is 372 g/mol. The summed E-state index contributed by atoms with van der Waals surface area (Å²) in [6.45, 7) is 0. The van der Waals surface area contributed by atoms with Gasteiger partial charge in [0, 0.05) is 12.1 Å². The summed E-state index contributed by atoms with van der Waals surface area (Å²) in [7, 11) is -3.54. The average Bonchev–Trinajstić information content (AvgIpc) is 3.36. The predicted molar refractivity (Wildman–Crippen MR) is 106 cm³/mol. The van der Waals surface area contributed by atoms with E-state index < -0.39 is 10.0 Å². The second kappa shape index (κ2) is 6.83. The lowest BCUT2D eigenvalue weighted by molar-refractivity contribution is 0.174. The van der Waals surface area contributed by atoms with Crippen LogP contribution in [0, 0.1) is 0 Å². The number of fused-ring (bicyclic) bond motifs is 2. The molecule has 2 aliphatic rings. The zero-order valence-electron chi connectivity index (χ0n) is 15.4. The first-order chi connectivity index (χ1) is 13.6. The molecule has 2 aromatic carbocycles. The van der Waals surface area contributed by atoms with E-state index in [0.29, 0.717) is 4.90 Å². The van der Waals surface area contributed by atoms with Gasteiger partial charge in [-0.3, -0.25) is 0 Å². The number of nitrogens with zero attached hydrogens (tertiary/aromatic N) is 4. The van der Waals surface area contributed by atoms with E-state index in [2.05, 4.69) is 10.2 Å². The van der Waals surface area contributed by atoms with Crippen molar-refractivity contribution in [3.05, 3.63) is 67.0 Å². The summed E-state index contributed by atoms with van der Waals surface area (Å²) < 4.78 is 28.8. The third-order valence-corrected chi connectivity index (χ3v) is 7.92. The summed E-state index contributed by atoms with van der Waals surface area (Å²) >= 11 is 0. The highest BCUT2D eigenvalue weighted by molar-refractivity contribution is 7.89. The summed E-state index contributed by atoms with van der Waals surface area (Å²) in [5.74, 6) is 0. The first-order valence-corrected chi connectivity index (χ1v) is 11.1. The fourth-order valence-corrected chi connectivity index (χ4v) is 6.63. The molecule has 28 heavy (non-hydrogen) atoms. The van der Waals surface area contributed by atoms with E-state index in [0.717, 1.165) is 36.8 Å². The lowest BCUT2D eigenvalue weighted by Gasteiger charge is -2.37. The molecule has 2 atom stereocenters. The second-order valence-corrected chi connectivity index (χ2v) is 9.43. The fourth-order valence-electron chi connectivity index (χ4n) is 4.69. The minimum Gasteiger partial charge on any atom is -0.207 e. The molecule has 0 spiro atoms. The highest BCUT2D eigenvalue weighted by atomic mass is 32.2. The molecule has 0 saturated carbocycles. The number of piperidine rings is 1. The van der Waals surface area contributed by atoms with Gasteiger partial charge in [-0.2, -0.15) is 19.3 Å². The van der Waals surface area contributed by atoms with Crippen molar-refractivity contribution in [1.82, 2.24) is 19.3 Å². The molecule has 2 saturated heterocycles. The van der Waals surface area contributed by atoms with Crippen LogP contribution in [0.25, 0.3) is 11.1 Å². The molecule has 0 amide bonds. The molecule has 144 valence electrons. The van der Waals surface area contributed by atoms with Gasteiger partial charge in [-0.25, -0.2) is 8.42 Å². The Morgan fingerprint density at radius 1 is 0.786 bits per heavy atom. The lowest BCUT2D eigenvalue weighted by atomic mass is 10.0. The van der Waals surface area contributed by atoms with Crippen molar-refractivity contribution in [2.24, 2.45) is 0 Å². The Kier molecular flexibility index (Phi) is 4.29. The zero-order valence-corrected chi connectivity index (χ0v) is 16.2. The quantitative estimate of drug-likeness (QED) is 0.679. The van der Waals surface area contributed by atoms with E-state index in [1.54, 1.807) is 33.6 Å². The SMILES string of the molecule is O=S(=O)(c1cccc(-c2ccccc2)c1)N1C2CCC1CC(n1nccn1)C2. The van der Waals surface area contributed by atoms with Crippen LogP contribution in [0.3, 0.4) is 0 Å². The standard InChI is InChI=1S/C21H22N4O2S/c26-28(27,21-8-4-7-17(13-21)16-5-2-1-3-6-16)24-18-9-10-19(24)15-20(14-18)25-22-11-12-23-25/h1-8,11-13,18-20H,9-10,14-15H2. The molecule has 0 N–H and O–H groups in total. The minimum absolute atomic E-state index is 0.0140. The van der Waals surface area contributed by atoms with Crippen LogP contribution in [-0.4, -0.2) is 39.8 Å². The number of benzene rings is 2. The predicted octanol–water partition coefficient (Wildman–Crippen LogP) is 3.50. The van der Waals surface area contributed by atoms with Crippen LogP contribution in [0.2, 0.25) is 0 Å². The molecule has 2 fully saturated rings. The summed E-state index contributed by atoms with van der Waals surface area (Å²) in [6.07, 6.45) is 6.70. The van der Waals surface area contributed by atoms with Gasteiger partial charge < -0.3 is 0 Å². The van der Waals surface area contributed by atoms with Crippen molar-refractivity contribution in [2.45, 2.75) is 48.7 Å². The maximum Gasteiger partial charge on any atom is 0.243 e. The van der Waals surface area contributed by atoms with Gasteiger partial charge in [0.15, 0.2) is 0 Å². The zero-order chi connectivity index (χ0) is 19.1. The van der Waals surface area contributed by atoms with Crippen molar-refractivity contribution < 1.29 is 8.42 Å². The number of sulfonamides is 1. The number of rotatable bonds is 4. The van der Waals surface area contributed by atoms with E-state index in [9.17, 15) is 8.42 Å². The second-order valence-electron chi connectivity index (χ2n) is 7.59. The molecule has 2 aliphatic heterocycles. The van der Waals surface area contributed by atoms with E-state index >= 15 is 0 Å². The lowest BCUT2D eigenvalue weighted by Crippen LogP contribution is -2.47. The van der Waals surface area contributed by atoms with Crippen LogP contribution >= 0.6 is 0 Å². The van der Waals surface area contributed by atoms with Gasteiger partial charge >= 0.3 is 0 Å². The Morgan fingerprint density at radius 2 is 1.43 bits per heavy atom. The molecule has 5 rings (SSSR count). The molecule has 6 nitrogen and oxygen atoms in total. The van der Waals surface area contributed by atoms with E-state index in [4.69, 9.17) is 0 Å². The molecule has 7 heteroatoms. The van der Waals surface area contributed by atoms with Gasteiger partial charge in [0.1, 0.15) is 0 Å². The van der Waals surface area contributed by atoms with Crippen LogP contribution in [0.5, 0.6) is 0 Å². The molecule has 0 radical (unpaired) electrons. The van der Waals surface area contributed by atoms with E-state index in [1.165, 1.54) is 0 Å². The number of hydrogen-bond acceptors (Lipinski definition) is 4. The van der Waals surface area contributed by atoms with Crippen LogP contribution in [0.1, 0.15) is 31.7 Å². The maximum absolute atomic E-state index is 13.5. The Hall–Kier alpha value is -2.51. The van der Waals surface area contributed by atoms with Crippen molar-refractivity contribution >= 4 is 10.0 Å². The first kappa shape index (κ1) is 17.6. The largest absolute Gasteiger partial charge is 0.243 e. The monoisotopic (exact) mass is 394 g/mol. The van der Waals surface area contributed by atoms with Crippen molar-refractivity contribution in [3.63, 3.8) is 0 Å². The third-order valence-electron chi connectivity index (χ3n) is 5.92. The summed E-state index contributed by atoms with van der Waals surface area (Å²) in [4.78, 5) is 2.12. The van der Waals surface area contributed by atoms with Gasteiger partial charge in [0.25, 0.3) is 0 Å².